The van der Waals surface area contributed by atoms with Crippen LogP contribution in [0.5, 0.6) is 5.88 Å². The molecular weight excluding hydrogens is 302 g/mol. The second-order valence-electron chi connectivity index (χ2n) is 6.86. The molecule has 0 N–H and O–H groups in total. The van der Waals surface area contributed by atoms with Gasteiger partial charge in [-0.1, -0.05) is 11.6 Å². The summed E-state index contributed by atoms with van der Waals surface area (Å²) in [5.41, 5.74) is 2.81. The highest BCUT2D eigenvalue weighted by molar-refractivity contribution is 6.29. The van der Waals surface area contributed by atoms with Crippen molar-refractivity contribution in [3.8, 4) is 5.88 Å². The van der Waals surface area contributed by atoms with Crippen LogP contribution in [-0.2, 0) is 11.2 Å². The monoisotopic (exact) mass is 321 g/mol. The predicted octanol–water partition coefficient (Wildman–Crippen LogP) is 1.90. The smallest absolute Gasteiger partial charge is 0.219 e. The molecule has 0 radical (unpaired) electrons. The molecule has 5 nitrogen and oxygen atoms in total. The summed E-state index contributed by atoms with van der Waals surface area (Å²) in [6, 6.07) is 2.35. The third-order valence-corrected chi connectivity index (χ3v) is 5.50. The summed E-state index contributed by atoms with van der Waals surface area (Å²) in [6.07, 6.45) is 2.13. The zero-order chi connectivity index (χ0) is 15.5. The molecule has 3 heterocycles. The number of nitrogens with zero attached hydrogens (tertiary/aromatic N) is 3. The van der Waals surface area contributed by atoms with Crippen LogP contribution in [0.2, 0.25) is 5.15 Å². The van der Waals surface area contributed by atoms with E-state index in [4.69, 9.17) is 16.3 Å². The Morgan fingerprint density at radius 2 is 2.14 bits per heavy atom. The zero-order valence-corrected chi connectivity index (χ0v) is 13.7. The normalized spacial score (nSPS) is 25.6. The lowest BCUT2D eigenvalue weighted by molar-refractivity contribution is -0.161. The minimum Gasteiger partial charge on any atom is -0.481 e. The first-order valence-electron chi connectivity index (χ1n) is 7.74. The van der Waals surface area contributed by atoms with E-state index in [9.17, 15) is 4.79 Å². The summed E-state index contributed by atoms with van der Waals surface area (Å²) in [5, 5.41) is 0.507. The van der Waals surface area contributed by atoms with Crippen LogP contribution in [0.4, 0.5) is 0 Å². The maximum atomic E-state index is 11.3. The van der Waals surface area contributed by atoms with E-state index in [1.54, 1.807) is 14.0 Å². The topological polar surface area (TPSA) is 45.7 Å². The van der Waals surface area contributed by atoms with Crippen molar-refractivity contribution >= 4 is 17.5 Å². The highest BCUT2D eigenvalue weighted by Gasteiger charge is 2.54. The average molecular weight is 322 g/mol. The minimum absolute atomic E-state index is 0.191. The Hall–Kier alpha value is -1.33. The number of carbonyl (C=O) groups is 1. The Morgan fingerprint density at radius 3 is 2.77 bits per heavy atom. The third kappa shape index (κ3) is 2.02. The Morgan fingerprint density at radius 1 is 1.41 bits per heavy atom. The number of hydrogen-bond acceptors (Lipinski definition) is 4. The van der Waals surface area contributed by atoms with Crippen LogP contribution in [0.3, 0.4) is 0 Å². The second kappa shape index (κ2) is 4.83. The SMILES string of the molecule is COc1nc(Cl)cc2c1C(N1CC3(CN(C(C)=O)C3)C1)CC2. The summed E-state index contributed by atoms with van der Waals surface area (Å²) >= 11 is 6.06. The number of carbonyl (C=O) groups excluding carboxylic acids is 1. The van der Waals surface area contributed by atoms with Crippen molar-refractivity contribution in [2.75, 3.05) is 33.3 Å². The number of halogens is 1. The van der Waals surface area contributed by atoms with Gasteiger partial charge in [0, 0.05) is 50.1 Å². The van der Waals surface area contributed by atoms with Crippen LogP contribution in [0, 0.1) is 5.41 Å². The molecule has 1 aromatic heterocycles. The lowest BCUT2D eigenvalue weighted by Gasteiger charge is -2.61. The van der Waals surface area contributed by atoms with E-state index in [0.717, 1.165) is 39.0 Å². The maximum Gasteiger partial charge on any atom is 0.219 e. The molecule has 6 heteroatoms. The molecular formula is C16H20ClN3O2. The van der Waals surface area contributed by atoms with Gasteiger partial charge in [-0.15, -0.1) is 0 Å². The summed E-state index contributed by atoms with van der Waals surface area (Å²) < 4.78 is 5.45. The number of amides is 1. The summed E-state index contributed by atoms with van der Waals surface area (Å²) in [7, 11) is 1.66. The first kappa shape index (κ1) is 14.3. The van der Waals surface area contributed by atoms with Gasteiger partial charge in [-0.05, 0) is 24.5 Å². The maximum absolute atomic E-state index is 11.3. The lowest BCUT2D eigenvalue weighted by Crippen LogP contribution is -2.72. The Balaban J connectivity index is 1.49. The number of hydrogen-bond donors (Lipinski definition) is 0. The van der Waals surface area contributed by atoms with Gasteiger partial charge in [-0.3, -0.25) is 9.69 Å². The van der Waals surface area contributed by atoms with E-state index in [1.807, 2.05) is 11.0 Å². The Labute approximate surface area is 135 Å². The van der Waals surface area contributed by atoms with Gasteiger partial charge in [0.25, 0.3) is 0 Å². The largest absolute Gasteiger partial charge is 0.481 e. The molecule has 1 amide bonds. The fraction of sp³-hybridized carbons (Fsp3) is 0.625. The minimum atomic E-state index is 0.191. The molecule has 0 bridgehead atoms. The van der Waals surface area contributed by atoms with E-state index in [1.165, 1.54) is 11.1 Å². The third-order valence-electron chi connectivity index (χ3n) is 5.31. The molecule has 3 aliphatic rings. The van der Waals surface area contributed by atoms with Crippen LogP contribution in [-0.4, -0.2) is 54.0 Å². The van der Waals surface area contributed by atoms with E-state index >= 15 is 0 Å². The van der Waals surface area contributed by atoms with Crippen LogP contribution in [0.1, 0.15) is 30.5 Å². The number of rotatable bonds is 2. The molecule has 2 fully saturated rings. The Bertz CT molecular complexity index is 635. The van der Waals surface area contributed by atoms with Gasteiger partial charge in [0.1, 0.15) is 5.15 Å². The molecule has 1 spiro atoms. The van der Waals surface area contributed by atoms with Gasteiger partial charge < -0.3 is 9.64 Å². The summed E-state index contributed by atoms with van der Waals surface area (Å²) in [6.45, 7) is 5.60. The van der Waals surface area contributed by atoms with Crippen molar-refractivity contribution in [2.45, 2.75) is 25.8 Å². The average Bonchev–Trinajstić information content (AvgIpc) is 2.77. The molecule has 118 valence electrons. The molecule has 0 saturated carbocycles. The number of aryl methyl sites for hydroxylation is 1. The van der Waals surface area contributed by atoms with Gasteiger partial charge >= 0.3 is 0 Å². The zero-order valence-electron chi connectivity index (χ0n) is 12.9. The van der Waals surface area contributed by atoms with E-state index in [0.29, 0.717) is 22.5 Å². The lowest BCUT2D eigenvalue weighted by atomic mass is 9.72. The molecule has 2 saturated heterocycles. The second-order valence-corrected chi connectivity index (χ2v) is 7.25. The molecule has 1 aliphatic carbocycles. The molecule has 1 unspecified atom stereocenters. The van der Waals surface area contributed by atoms with Crippen LogP contribution >= 0.6 is 11.6 Å². The van der Waals surface area contributed by atoms with Gasteiger partial charge in [-0.25, -0.2) is 4.98 Å². The van der Waals surface area contributed by atoms with Gasteiger partial charge in [0.05, 0.1) is 7.11 Å². The molecule has 1 atom stereocenters. The van der Waals surface area contributed by atoms with Crippen molar-refractivity contribution in [2.24, 2.45) is 5.41 Å². The molecule has 0 aromatic carbocycles. The van der Waals surface area contributed by atoms with E-state index in [2.05, 4.69) is 9.88 Å². The molecule has 22 heavy (non-hydrogen) atoms. The standard InChI is InChI=1S/C16H20ClN3O2/c1-10(21)19-6-16(7-19)8-20(9-16)12-4-3-11-5-13(17)18-15(22-2)14(11)12/h5,12H,3-4,6-9H2,1-2H3. The van der Waals surface area contributed by atoms with Crippen molar-refractivity contribution in [3.05, 3.63) is 22.3 Å². The summed E-state index contributed by atoms with van der Waals surface area (Å²) in [5.74, 6) is 0.862. The number of fused-ring (bicyclic) bond motifs is 1. The predicted molar refractivity (Wildman–Crippen MR) is 83.1 cm³/mol. The Kier molecular flexibility index (Phi) is 3.13. The first-order chi connectivity index (χ1) is 10.5. The number of methoxy groups -OCH3 is 1. The quantitative estimate of drug-likeness (QED) is 0.780. The number of ether oxygens (including phenoxy) is 1. The van der Waals surface area contributed by atoms with Gasteiger partial charge in [0.2, 0.25) is 11.8 Å². The van der Waals surface area contributed by atoms with E-state index in [-0.39, 0.29) is 5.91 Å². The van der Waals surface area contributed by atoms with Crippen molar-refractivity contribution in [3.63, 3.8) is 0 Å². The van der Waals surface area contributed by atoms with E-state index < -0.39 is 0 Å². The van der Waals surface area contributed by atoms with Gasteiger partial charge in [-0.2, -0.15) is 0 Å². The highest BCUT2D eigenvalue weighted by atomic mass is 35.5. The van der Waals surface area contributed by atoms with Crippen LogP contribution < -0.4 is 4.74 Å². The highest BCUT2D eigenvalue weighted by Crippen LogP contribution is 2.49. The first-order valence-corrected chi connectivity index (χ1v) is 8.12. The number of pyridine rings is 1. The molecule has 2 aliphatic heterocycles. The van der Waals surface area contributed by atoms with Crippen LogP contribution in [0.15, 0.2) is 6.07 Å². The fourth-order valence-electron chi connectivity index (χ4n) is 4.29. The van der Waals surface area contributed by atoms with Crippen LogP contribution in [0.25, 0.3) is 0 Å². The number of likely N-dealkylation sites (tertiary alicyclic amines) is 2. The molecule has 1 aromatic rings. The van der Waals surface area contributed by atoms with Crippen molar-refractivity contribution in [1.82, 2.24) is 14.8 Å². The van der Waals surface area contributed by atoms with Gasteiger partial charge in [0.15, 0.2) is 0 Å². The summed E-state index contributed by atoms with van der Waals surface area (Å²) in [4.78, 5) is 20.1. The van der Waals surface area contributed by atoms with Crippen molar-refractivity contribution in [1.29, 1.82) is 0 Å². The number of aromatic nitrogens is 1. The fourth-order valence-corrected chi connectivity index (χ4v) is 4.50. The van der Waals surface area contributed by atoms with Crippen molar-refractivity contribution < 1.29 is 9.53 Å². The molecule has 4 rings (SSSR count).